The van der Waals surface area contributed by atoms with Crippen molar-refractivity contribution < 1.29 is 28.9 Å². The lowest BCUT2D eigenvalue weighted by Gasteiger charge is -2.64. The summed E-state index contributed by atoms with van der Waals surface area (Å²) in [7, 11) is 3.62. The van der Waals surface area contributed by atoms with Crippen LogP contribution in [0.4, 0.5) is 10.5 Å². The summed E-state index contributed by atoms with van der Waals surface area (Å²) in [6.07, 6.45) is 4.31. The number of esters is 1. The van der Waals surface area contributed by atoms with Gasteiger partial charge < -0.3 is 29.5 Å². The highest BCUT2D eigenvalue weighted by atomic mass is 16.6. The van der Waals surface area contributed by atoms with E-state index >= 15 is 0 Å². The molecule has 1 aliphatic carbocycles. The molecule has 1 saturated heterocycles. The normalized spacial score (nSPS) is 34.9. The molecule has 0 radical (unpaired) electrons. The summed E-state index contributed by atoms with van der Waals surface area (Å²) in [6, 6.07) is 5.67. The van der Waals surface area contributed by atoms with Crippen molar-refractivity contribution in [1.29, 1.82) is 0 Å². The Bertz CT molecular complexity index is 1140. The average molecular weight is 528 g/mol. The van der Waals surface area contributed by atoms with Gasteiger partial charge in [0.25, 0.3) is 0 Å². The predicted octanol–water partition coefficient (Wildman–Crippen LogP) is 2.85. The number of rotatable bonds is 7. The van der Waals surface area contributed by atoms with Gasteiger partial charge in [-0.25, -0.2) is 4.79 Å². The van der Waals surface area contributed by atoms with Crippen LogP contribution in [-0.4, -0.2) is 86.3 Å². The fourth-order valence-electron chi connectivity index (χ4n) is 8.15. The fraction of sp³-hybridized carbons (Fsp3) is 0.655. The van der Waals surface area contributed by atoms with Gasteiger partial charge in [0, 0.05) is 49.1 Å². The molecule has 6 atom stereocenters. The van der Waals surface area contributed by atoms with Crippen LogP contribution in [0.15, 0.2) is 30.4 Å². The van der Waals surface area contributed by atoms with E-state index in [1.165, 1.54) is 6.92 Å². The molecule has 9 heteroatoms. The van der Waals surface area contributed by atoms with Crippen LogP contribution in [-0.2, 0) is 19.7 Å². The molecule has 1 saturated carbocycles. The molecular formula is C29H41N3O6. The maximum absolute atomic E-state index is 12.9. The number of benzene rings is 1. The van der Waals surface area contributed by atoms with Crippen LogP contribution < -0.4 is 15.0 Å². The first-order valence-corrected chi connectivity index (χ1v) is 13.7. The van der Waals surface area contributed by atoms with Crippen LogP contribution in [0.25, 0.3) is 0 Å². The molecule has 38 heavy (non-hydrogen) atoms. The highest BCUT2D eigenvalue weighted by Crippen LogP contribution is 2.67. The maximum atomic E-state index is 12.9. The number of amides is 1. The van der Waals surface area contributed by atoms with Gasteiger partial charge in [0.15, 0.2) is 0 Å². The Labute approximate surface area is 225 Å². The molecule has 3 aliphatic heterocycles. The third-order valence-electron chi connectivity index (χ3n) is 9.28. The lowest BCUT2D eigenvalue weighted by Crippen LogP contribution is -2.81. The smallest absolute Gasteiger partial charge is 0.407 e. The van der Waals surface area contributed by atoms with Crippen molar-refractivity contribution in [2.75, 3.05) is 45.3 Å². The molecular weight excluding hydrogens is 486 g/mol. The lowest BCUT2D eigenvalue weighted by molar-refractivity contribution is -0.217. The Hall–Kier alpha value is -2.78. The molecule has 4 aliphatic rings. The highest BCUT2D eigenvalue weighted by molar-refractivity contribution is 5.72. The second-order valence-electron chi connectivity index (χ2n) is 11.8. The van der Waals surface area contributed by atoms with Gasteiger partial charge in [-0.05, 0) is 36.9 Å². The number of nitrogens with one attached hydrogen (secondary N) is 1. The zero-order valence-electron chi connectivity index (χ0n) is 23.3. The van der Waals surface area contributed by atoms with Gasteiger partial charge in [-0.1, -0.05) is 39.0 Å². The number of carbonyl (C=O) groups is 2. The average Bonchev–Trinajstić information content (AvgIpc) is 3.40. The summed E-state index contributed by atoms with van der Waals surface area (Å²) in [5.41, 5.74) is -0.578. The highest BCUT2D eigenvalue weighted by Gasteiger charge is 2.77. The minimum atomic E-state index is -1.62. The molecule has 1 amide bonds. The molecule has 208 valence electrons. The Morgan fingerprint density at radius 3 is 2.68 bits per heavy atom. The molecule has 0 aromatic heterocycles. The van der Waals surface area contributed by atoms with E-state index in [2.05, 4.69) is 40.3 Å². The van der Waals surface area contributed by atoms with Crippen molar-refractivity contribution in [1.82, 2.24) is 10.2 Å². The van der Waals surface area contributed by atoms with Crippen LogP contribution in [0.5, 0.6) is 5.75 Å². The molecule has 0 bridgehead atoms. The van der Waals surface area contributed by atoms with Gasteiger partial charge in [0.2, 0.25) is 0 Å². The van der Waals surface area contributed by atoms with Crippen LogP contribution in [0.2, 0.25) is 0 Å². The number of nitrogens with zero attached hydrogens (tertiary/aromatic N) is 2. The molecule has 3 heterocycles. The zero-order chi connectivity index (χ0) is 27.5. The number of hydrogen-bond donors (Lipinski definition) is 2. The molecule has 2 N–H and O–H groups in total. The maximum Gasteiger partial charge on any atom is 0.407 e. The van der Waals surface area contributed by atoms with Crippen molar-refractivity contribution in [2.24, 2.45) is 11.3 Å². The van der Waals surface area contributed by atoms with Gasteiger partial charge in [-0.3, -0.25) is 9.69 Å². The standard InChI is InChI=1S/C29H41N3O6/c1-7-27-11-8-13-32-14-12-28(23(27)32)21-10-9-20(36-6)15-22(21)31(5)24(28)29(35,25(27)38-19(4)33)17-30-26(34)37-16-18(2)3/h8-11,15,18,23-25,35H,7,12-14,16-17H2,1-6H3,(H,30,34)/t23-,24+,25+,27+,28+,29-/m0/s1. The van der Waals surface area contributed by atoms with Crippen molar-refractivity contribution in [3.05, 3.63) is 35.9 Å². The largest absolute Gasteiger partial charge is 0.497 e. The van der Waals surface area contributed by atoms with E-state index < -0.39 is 40.6 Å². The lowest BCUT2D eigenvalue weighted by atomic mass is 9.47. The van der Waals surface area contributed by atoms with E-state index in [4.69, 9.17) is 14.2 Å². The third-order valence-corrected chi connectivity index (χ3v) is 9.28. The van der Waals surface area contributed by atoms with E-state index in [0.717, 1.165) is 36.5 Å². The summed E-state index contributed by atoms with van der Waals surface area (Å²) in [5.74, 6) is 0.461. The molecule has 2 fully saturated rings. The van der Waals surface area contributed by atoms with Gasteiger partial charge in [-0.15, -0.1) is 0 Å². The second-order valence-corrected chi connectivity index (χ2v) is 11.8. The predicted molar refractivity (Wildman–Crippen MR) is 143 cm³/mol. The number of methoxy groups -OCH3 is 1. The Morgan fingerprint density at radius 2 is 2.03 bits per heavy atom. The molecule has 0 unspecified atom stereocenters. The summed E-state index contributed by atoms with van der Waals surface area (Å²) in [5, 5.41) is 15.8. The number of anilines is 1. The topological polar surface area (TPSA) is 101 Å². The zero-order valence-corrected chi connectivity index (χ0v) is 23.3. The van der Waals surface area contributed by atoms with Crippen molar-refractivity contribution in [2.45, 2.75) is 69.7 Å². The molecule has 1 aromatic carbocycles. The third kappa shape index (κ3) is 3.65. The monoisotopic (exact) mass is 527 g/mol. The number of ether oxygens (including phenoxy) is 3. The molecule has 5 rings (SSSR count). The Balaban J connectivity index is 1.69. The first-order valence-electron chi connectivity index (χ1n) is 13.7. The Morgan fingerprint density at radius 1 is 1.26 bits per heavy atom. The first kappa shape index (κ1) is 26.8. The van der Waals surface area contributed by atoms with E-state index in [0.29, 0.717) is 6.42 Å². The van der Waals surface area contributed by atoms with Crippen LogP contribution in [0.3, 0.4) is 0 Å². The van der Waals surface area contributed by atoms with Crippen molar-refractivity contribution >= 4 is 17.7 Å². The van der Waals surface area contributed by atoms with Crippen LogP contribution in [0, 0.1) is 11.3 Å². The summed E-state index contributed by atoms with van der Waals surface area (Å²) >= 11 is 0. The number of fused-ring (bicyclic) bond motifs is 1. The number of likely N-dealkylation sites (N-methyl/N-ethyl adjacent to an activating group) is 1. The number of alkyl carbamates (subject to hydrolysis) is 1. The first-order chi connectivity index (χ1) is 18.0. The number of aliphatic hydroxyl groups is 1. The quantitative estimate of drug-likeness (QED) is 0.413. The number of hydrogen-bond acceptors (Lipinski definition) is 8. The van der Waals surface area contributed by atoms with Crippen molar-refractivity contribution in [3.63, 3.8) is 0 Å². The van der Waals surface area contributed by atoms with E-state index in [1.54, 1.807) is 7.11 Å². The molecule has 9 nitrogen and oxygen atoms in total. The van der Waals surface area contributed by atoms with Crippen LogP contribution in [0.1, 0.15) is 46.1 Å². The van der Waals surface area contributed by atoms with Gasteiger partial charge >= 0.3 is 12.1 Å². The summed E-state index contributed by atoms with van der Waals surface area (Å²) in [4.78, 5) is 29.9. The van der Waals surface area contributed by atoms with E-state index in [-0.39, 0.29) is 25.1 Å². The summed E-state index contributed by atoms with van der Waals surface area (Å²) in [6.45, 7) is 9.23. The summed E-state index contributed by atoms with van der Waals surface area (Å²) < 4.78 is 17.1. The molecule has 1 aromatic rings. The van der Waals surface area contributed by atoms with Gasteiger partial charge in [0.1, 0.15) is 17.5 Å². The minimum Gasteiger partial charge on any atom is -0.497 e. The van der Waals surface area contributed by atoms with E-state index in [1.807, 2.05) is 33.0 Å². The van der Waals surface area contributed by atoms with Gasteiger partial charge in [-0.2, -0.15) is 0 Å². The van der Waals surface area contributed by atoms with E-state index in [9.17, 15) is 14.7 Å². The fourth-order valence-corrected chi connectivity index (χ4v) is 8.15. The number of carbonyl (C=O) groups excluding carboxylic acids is 2. The van der Waals surface area contributed by atoms with Gasteiger partial charge in [0.05, 0.1) is 26.3 Å². The molecule has 1 spiro atoms. The van der Waals surface area contributed by atoms with Crippen LogP contribution >= 0.6 is 0 Å². The second kappa shape index (κ2) is 9.45. The van der Waals surface area contributed by atoms with Crippen molar-refractivity contribution in [3.8, 4) is 5.75 Å². The Kier molecular flexibility index (Phi) is 6.67. The SMILES string of the molecule is CC[C@]12C=CCN3CC[C@@]4(c5ccc(OC)cc5N(C)[C@H]4[C@@](O)(CNC(=O)OCC(C)C)[C@@H]1OC(C)=O)[C@@H]32. The minimum absolute atomic E-state index is 0.00427.